The molecule has 1 heterocycles. The van der Waals surface area contributed by atoms with Crippen LogP contribution in [0.2, 0.25) is 0 Å². The topological polar surface area (TPSA) is 47.6 Å². The molecule has 62 valence electrons. The number of nitrogens with zero attached hydrogens (tertiary/aromatic N) is 1. The predicted octanol–water partition coefficient (Wildman–Crippen LogP) is 1.09. The molecule has 0 saturated heterocycles. The van der Waals surface area contributed by atoms with Crippen LogP contribution in [0.3, 0.4) is 0 Å². The quantitative estimate of drug-likeness (QED) is 0.567. The molecular formula is C8H14N2O. The van der Waals surface area contributed by atoms with Gasteiger partial charge in [-0.25, -0.2) is 0 Å². The van der Waals surface area contributed by atoms with E-state index in [1.54, 1.807) is 0 Å². The Morgan fingerprint density at radius 3 is 3.09 bits per heavy atom. The number of rotatable bonds is 0. The second-order valence-electron chi connectivity index (χ2n) is 3.59. The van der Waals surface area contributed by atoms with Crippen molar-refractivity contribution >= 4 is 5.84 Å². The molecule has 0 aromatic heterocycles. The van der Waals surface area contributed by atoms with Crippen molar-refractivity contribution in [1.82, 2.24) is 0 Å². The van der Waals surface area contributed by atoms with Gasteiger partial charge in [0.2, 0.25) is 0 Å². The summed E-state index contributed by atoms with van der Waals surface area (Å²) in [5.41, 5.74) is 5.70. The smallest absolute Gasteiger partial charge is 0.146 e. The zero-order chi connectivity index (χ0) is 7.84. The fraction of sp³-hybridized carbons (Fsp3) is 0.875. The molecule has 3 heteroatoms. The van der Waals surface area contributed by atoms with Gasteiger partial charge in [-0.3, -0.25) is 0 Å². The number of hydrogen-bond donors (Lipinski definition) is 1. The summed E-state index contributed by atoms with van der Waals surface area (Å²) >= 11 is 0. The minimum atomic E-state index is 0.291. The van der Waals surface area contributed by atoms with Gasteiger partial charge in [-0.15, -0.1) is 0 Å². The summed E-state index contributed by atoms with van der Waals surface area (Å²) in [7, 11) is 0. The summed E-state index contributed by atoms with van der Waals surface area (Å²) in [6, 6.07) is 0. The Kier molecular flexibility index (Phi) is 1.51. The highest BCUT2D eigenvalue weighted by atomic mass is 16.6. The molecule has 0 spiro atoms. The summed E-state index contributed by atoms with van der Waals surface area (Å²) in [5, 5.41) is 3.83. The van der Waals surface area contributed by atoms with Crippen LogP contribution in [0.15, 0.2) is 5.16 Å². The lowest BCUT2D eigenvalue weighted by Gasteiger charge is -2.28. The van der Waals surface area contributed by atoms with E-state index in [0.29, 0.717) is 23.8 Å². The lowest BCUT2D eigenvalue weighted by molar-refractivity contribution is 0.0236. The summed E-state index contributed by atoms with van der Waals surface area (Å²) in [6.07, 6.45) is 3.93. The lowest BCUT2D eigenvalue weighted by Crippen LogP contribution is -2.36. The number of oxime groups is 1. The van der Waals surface area contributed by atoms with Crippen LogP contribution in [0.25, 0.3) is 0 Å². The van der Waals surface area contributed by atoms with E-state index >= 15 is 0 Å². The third-order valence-electron chi connectivity index (χ3n) is 2.80. The lowest BCUT2D eigenvalue weighted by atomic mass is 9.78. The van der Waals surface area contributed by atoms with Gasteiger partial charge < -0.3 is 10.6 Å². The third-order valence-corrected chi connectivity index (χ3v) is 2.80. The highest BCUT2D eigenvalue weighted by molar-refractivity contribution is 5.84. The molecule has 3 unspecified atom stereocenters. The minimum absolute atomic E-state index is 0.291. The standard InChI is InChI=1S/C8H14N2O/c1-5-3-2-4-6-7(5)8(9)10-11-6/h5-7H,2-4H2,1H3,(H2,9,10). The zero-order valence-electron chi connectivity index (χ0n) is 6.79. The van der Waals surface area contributed by atoms with Gasteiger partial charge in [-0.2, -0.15) is 0 Å². The van der Waals surface area contributed by atoms with Crippen LogP contribution in [0.5, 0.6) is 0 Å². The molecule has 2 N–H and O–H groups in total. The Labute approximate surface area is 66.6 Å². The first-order chi connectivity index (χ1) is 5.29. The molecule has 11 heavy (non-hydrogen) atoms. The number of nitrogens with two attached hydrogens (primary N) is 1. The normalized spacial score (nSPS) is 42.6. The van der Waals surface area contributed by atoms with Crippen LogP contribution >= 0.6 is 0 Å². The molecule has 1 aliphatic heterocycles. The SMILES string of the molecule is CC1CCCC2ON=C(N)C12. The molecule has 0 aromatic rings. The molecular weight excluding hydrogens is 140 g/mol. The van der Waals surface area contributed by atoms with Crippen molar-refractivity contribution in [3.63, 3.8) is 0 Å². The molecule has 3 nitrogen and oxygen atoms in total. The van der Waals surface area contributed by atoms with Crippen molar-refractivity contribution < 1.29 is 4.84 Å². The van der Waals surface area contributed by atoms with Gasteiger partial charge >= 0.3 is 0 Å². The zero-order valence-corrected chi connectivity index (χ0v) is 6.79. The monoisotopic (exact) mass is 154 g/mol. The molecule has 0 bridgehead atoms. The Bertz CT molecular complexity index is 191. The van der Waals surface area contributed by atoms with Crippen molar-refractivity contribution in [2.45, 2.75) is 32.3 Å². The van der Waals surface area contributed by atoms with Gasteiger partial charge in [0.25, 0.3) is 0 Å². The molecule has 0 radical (unpaired) electrons. The van der Waals surface area contributed by atoms with Crippen LogP contribution in [-0.2, 0) is 4.84 Å². The van der Waals surface area contributed by atoms with Crippen molar-refractivity contribution in [2.24, 2.45) is 22.7 Å². The first kappa shape index (κ1) is 6.95. The van der Waals surface area contributed by atoms with Gasteiger partial charge in [-0.05, 0) is 25.2 Å². The molecule has 2 aliphatic rings. The van der Waals surface area contributed by atoms with Crippen LogP contribution in [-0.4, -0.2) is 11.9 Å². The van der Waals surface area contributed by atoms with Crippen molar-refractivity contribution in [3.8, 4) is 0 Å². The number of hydrogen-bond acceptors (Lipinski definition) is 3. The molecule has 1 fully saturated rings. The van der Waals surface area contributed by atoms with E-state index in [1.807, 2.05) is 0 Å². The maximum atomic E-state index is 5.70. The minimum Gasteiger partial charge on any atom is -0.390 e. The van der Waals surface area contributed by atoms with Crippen LogP contribution in [0.1, 0.15) is 26.2 Å². The van der Waals surface area contributed by atoms with E-state index in [2.05, 4.69) is 12.1 Å². The first-order valence-corrected chi connectivity index (χ1v) is 4.28. The maximum absolute atomic E-state index is 5.70. The molecule has 1 aliphatic carbocycles. The molecule has 3 atom stereocenters. The van der Waals surface area contributed by atoms with Gasteiger partial charge in [0.05, 0.1) is 5.92 Å². The Morgan fingerprint density at radius 1 is 1.55 bits per heavy atom. The second-order valence-corrected chi connectivity index (χ2v) is 3.59. The first-order valence-electron chi connectivity index (χ1n) is 4.28. The predicted molar refractivity (Wildman–Crippen MR) is 43.0 cm³/mol. The molecule has 1 saturated carbocycles. The van der Waals surface area contributed by atoms with E-state index < -0.39 is 0 Å². The fourth-order valence-electron chi connectivity index (χ4n) is 2.16. The Morgan fingerprint density at radius 2 is 2.36 bits per heavy atom. The van der Waals surface area contributed by atoms with Crippen LogP contribution < -0.4 is 5.73 Å². The van der Waals surface area contributed by atoms with Crippen molar-refractivity contribution in [2.75, 3.05) is 0 Å². The summed E-state index contributed by atoms with van der Waals surface area (Å²) in [5.74, 6) is 1.77. The van der Waals surface area contributed by atoms with Crippen molar-refractivity contribution in [3.05, 3.63) is 0 Å². The summed E-state index contributed by atoms with van der Waals surface area (Å²) in [6.45, 7) is 2.23. The average Bonchev–Trinajstić information content (AvgIpc) is 2.34. The van der Waals surface area contributed by atoms with Crippen molar-refractivity contribution in [1.29, 1.82) is 0 Å². The van der Waals surface area contributed by atoms with Gasteiger partial charge in [0.15, 0.2) is 0 Å². The second kappa shape index (κ2) is 2.40. The molecule has 0 aromatic carbocycles. The molecule has 2 rings (SSSR count). The van der Waals surface area contributed by atoms with E-state index in [4.69, 9.17) is 10.6 Å². The third kappa shape index (κ3) is 0.988. The summed E-state index contributed by atoms with van der Waals surface area (Å²) in [4.78, 5) is 5.20. The van der Waals surface area contributed by atoms with Gasteiger partial charge in [0.1, 0.15) is 11.9 Å². The van der Waals surface area contributed by atoms with E-state index in [1.165, 1.54) is 12.8 Å². The van der Waals surface area contributed by atoms with Gasteiger partial charge in [0, 0.05) is 0 Å². The van der Waals surface area contributed by atoms with Gasteiger partial charge in [-0.1, -0.05) is 12.1 Å². The molecule has 0 amide bonds. The summed E-state index contributed by atoms with van der Waals surface area (Å²) < 4.78 is 0. The van der Waals surface area contributed by atoms with E-state index in [-0.39, 0.29) is 0 Å². The van der Waals surface area contributed by atoms with Crippen LogP contribution in [0, 0.1) is 11.8 Å². The Balaban J connectivity index is 2.15. The average molecular weight is 154 g/mol. The van der Waals surface area contributed by atoms with E-state index in [9.17, 15) is 0 Å². The highest BCUT2D eigenvalue weighted by Gasteiger charge is 2.39. The number of amidine groups is 1. The van der Waals surface area contributed by atoms with E-state index in [0.717, 1.165) is 6.42 Å². The van der Waals surface area contributed by atoms with Crippen LogP contribution in [0.4, 0.5) is 0 Å². The highest BCUT2D eigenvalue weighted by Crippen LogP contribution is 2.35. The number of fused-ring (bicyclic) bond motifs is 1. The Hall–Kier alpha value is -0.730. The largest absolute Gasteiger partial charge is 0.390 e. The maximum Gasteiger partial charge on any atom is 0.146 e. The fourth-order valence-corrected chi connectivity index (χ4v) is 2.16.